The maximum Gasteiger partial charge on any atom is 0.0472 e. The summed E-state index contributed by atoms with van der Waals surface area (Å²) in [5, 5.41) is 14.4. The molecule has 3 nitrogen and oxygen atoms in total. The van der Waals surface area contributed by atoms with Crippen LogP contribution in [0.3, 0.4) is 0 Å². The van der Waals surface area contributed by atoms with Crippen LogP contribution in [0.15, 0.2) is 24.4 Å². The minimum Gasteiger partial charge on any atom is -0.396 e. The van der Waals surface area contributed by atoms with Gasteiger partial charge in [-0.25, -0.2) is 0 Å². The molecule has 0 aliphatic heterocycles. The number of halogens is 1. The number of aromatic amines is 1. The molecule has 0 bridgehead atoms. The summed E-state index contributed by atoms with van der Waals surface area (Å²) in [5.41, 5.74) is 2.43. The predicted octanol–water partition coefficient (Wildman–Crippen LogP) is 3.32. The molecule has 0 fully saturated rings. The Hall–Kier alpha value is -1.03. The Balaban J connectivity index is 1.99. The number of benzene rings is 1. The normalized spacial score (nSPS) is 12.2. The predicted molar refractivity (Wildman–Crippen MR) is 80.5 cm³/mol. The summed E-state index contributed by atoms with van der Waals surface area (Å²) < 4.78 is 0. The van der Waals surface area contributed by atoms with Gasteiger partial charge in [-0.3, -0.25) is 0 Å². The number of nitrogens with one attached hydrogen (secondary N) is 2. The van der Waals surface area contributed by atoms with E-state index in [1.54, 1.807) is 0 Å². The molecule has 3 N–H and O–H groups in total. The molecular weight excluding hydrogens is 260 g/mol. The minimum absolute atomic E-state index is 0.115. The van der Waals surface area contributed by atoms with E-state index in [2.05, 4.69) is 24.1 Å². The molecule has 1 aromatic carbocycles. The fourth-order valence-corrected chi connectivity index (χ4v) is 2.40. The number of aliphatic hydroxyl groups is 1. The Morgan fingerprint density at radius 1 is 1.37 bits per heavy atom. The van der Waals surface area contributed by atoms with Crippen molar-refractivity contribution >= 4 is 22.5 Å². The zero-order chi connectivity index (χ0) is 13.9. The molecule has 2 aromatic rings. The van der Waals surface area contributed by atoms with E-state index in [1.165, 1.54) is 10.9 Å². The molecule has 0 radical (unpaired) electrons. The molecule has 0 saturated carbocycles. The number of fused-ring (bicyclic) bond motifs is 1. The molecule has 0 spiro atoms. The van der Waals surface area contributed by atoms with E-state index in [0.29, 0.717) is 0 Å². The first-order chi connectivity index (χ1) is 9.02. The lowest BCUT2D eigenvalue weighted by Gasteiger charge is -2.23. The SMILES string of the molecule is CC(C)(CCO)CNCc1c[nH]c2cc(Cl)ccc12. The van der Waals surface area contributed by atoms with Gasteiger partial charge in [-0.05, 0) is 29.5 Å². The van der Waals surface area contributed by atoms with Crippen LogP contribution in [0.2, 0.25) is 5.02 Å². The van der Waals surface area contributed by atoms with Gasteiger partial charge in [0.05, 0.1) is 0 Å². The lowest BCUT2D eigenvalue weighted by Crippen LogP contribution is -2.29. The number of rotatable bonds is 6. The van der Waals surface area contributed by atoms with Gasteiger partial charge >= 0.3 is 0 Å². The van der Waals surface area contributed by atoms with Gasteiger partial charge in [0.2, 0.25) is 0 Å². The fraction of sp³-hybridized carbons (Fsp3) is 0.467. The summed E-state index contributed by atoms with van der Waals surface area (Å²) in [7, 11) is 0. The van der Waals surface area contributed by atoms with Crippen LogP contribution in [-0.2, 0) is 6.54 Å². The summed E-state index contributed by atoms with van der Waals surface area (Å²) in [6.45, 7) is 6.25. The van der Waals surface area contributed by atoms with Gasteiger partial charge in [0.25, 0.3) is 0 Å². The topological polar surface area (TPSA) is 48.0 Å². The lowest BCUT2D eigenvalue weighted by atomic mass is 9.90. The molecule has 1 aromatic heterocycles. The van der Waals surface area contributed by atoms with Crippen molar-refractivity contribution in [3.63, 3.8) is 0 Å². The van der Waals surface area contributed by atoms with E-state index in [-0.39, 0.29) is 12.0 Å². The quantitative estimate of drug-likeness (QED) is 0.760. The van der Waals surface area contributed by atoms with E-state index in [4.69, 9.17) is 16.7 Å². The van der Waals surface area contributed by atoms with Crippen molar-refractivity contribution in [3.8, 4) is 0 Å². The van der Waals surface area contributed by atoms with Crippen LogP contribution in [0.5, 0.6) is 0 Å². The van der Waals surface area contributed by atoms with Crippen molar-refractivity contribution < 1.29 is 5.11 Å². The van der Waals surface area contributed by atoms with Crippen molar-refractivity contribution in [3.05, 3.63) is 35.0 Å². The highest BCUT2D eigenvalue weighted by atomic mass is 35.5. The highest BCUT2D eigenvalue weighted by Gasteiger charge is 2.16. The summed E-state index contributed by atoms with van der Waals surface area (Å²) >= 11 is 5.97. The summed E-state index contributed by atoms with van der Waals surface area (Å²) in [6, 6.07) is 5.90. The van der Waals surface area contributed by atoms with E-state index >= 15 is 0 Å². The minimum atomic E-state index is 0.115. The third kappa shape index (κ3) is 3.72. The Bertz CT molecular complexity index is 548. The number of H-pyrrole nitrogens is 1. The molecule has 19 heavy (non-hydrogen) atoms. The molecular formula is C15H21ClN2O. The highest BCUT2D eigenvalue weighted by molar-refractivity contribution is 6.31. The van der Waals surface area contributed by atoms with Gasteiger partial charge in [-0.15, -0.1) is 0 Å². The van der Waals surface area contributed by atoms with Crippen molar-refractivity contribution in [2.24, 2.45) is 5.41 Å². The Kier molecular flexibility index (Phi) is 4.50. The van der Waals surface area contributed by atoms with Crippen LogP contribution < -0.4 is 5.32 Å². The summed E-state index contributed by atoms with van der Waals surface area (Å²) in [4.78, 5) is 3.24. The average Bonchev–Trinajstić information content (AvgIpc) is 2.71. The summed E-state index contributed by atoms with van der Waals surface area (Å²) in [6.07, 6.45) is 2.83. The van der Waals surface area contributed by atoms with Gasteiger partial charge in [-0.2, -0.15) is 0 Å². The van der Waals surface area contributed by atoms with Gasteiger partial charge < -0.3 is 15.4 Å². The van der Waals surface area contributed by atoms with Gasteiger partial charge in [0.1, 0.15) is 0 Å². The fourth-order valence-electron chi connectivity index (χ4n) is 2.23. The van der Waals surface area contributed by atoms with E-state index < -0.39 is 0 Å². The molecule has 0 aliphatic rings. The van der Waals surface area contributed by atoms with Crippen molar-refractivity contribution in [1.29, 1.82) is 0 Å². The number of aromatic nitrogens is 1. The van der Waals surface area contributed by atoms with E-state index in [0.717, 1.165) is 30.0 Å². The van der Waals surface area contributed by atoms with Gasteiger partial charge in [0.15, 0.2) is 0 Å². The van der Waals surface area contributed by atoms with Crippen LogP contribution in [0.1, 0.15) is 25.8 Å². The second-order valence-corrected chi connectivity index (χ2v) is 6.18. The Morgan fingerprint density at radius 2 is 2.16 bits per heavy atom. The van der Waals surface area contributed by atoms with Gasteiger partial charge in [-0.1, -0.05) is 31.5 Å². The zero-order valence-corrected chi connectivity index (χ0v) is 12.2. The Morgan fingerprint density at radius 3 is 2.89 bits per heavy atom. The van der Waals surface area contributed by atoms with E-state index in [9.17, 15) is 0 Å². The maximum atomic E-state index is 9.01. The van der Waals surface area contributed by atoms with Crippen LogP contribution in [-0.4, -0.2) is 23.2 Å². The van der Waals surface area contributed by atoms with Gasteiger partial charge in [0, 0.05) is 41.8 Å². The highest BCUT2D eigenvalue weighted by Crippen LogP contribution is 2.23. The number of aliphatic hydroxyl groups excluding tert-OH is 1. The smallest absolute Gasteiger partial charge is 0.0472 e. The second-order valence-electron chi connectivity index (χ2n) is 5.75. The first-order valence-electron chi connectivity index (χ1n) is 6.59. The largest absolute Gasteiger partial charge is 0.396 e. The standard InChI is InChI=1S/C15H21ClN2O/c1-15(2,5-6-19)10-17-8-11-9-18-14-7-12(16)3-4-13(11)14/h3-4,7,9,17-19H,5-6,8,10H2,1-2H3. The second kappa shape index (κ2) is 5.95. The molecule has 2 rings (SSSR count). The number of hydrogen-bond acceptors (Lipinski definition) is 2. The molecule has 0 unspecified atom stereocenters. The summed E-state index contributed by atoms with van der Waals surface area (Å²) in [5.74, 6) is 0. The van der Waals surface area contributed by atoms with Crippen LogP contribution in [0.25, 0.3) is 10.9 Å². The number of hydrogen-bond donors (Lipinski definition) is 3. The average molecular weight is 281 g/mol. The monoisotopic (exact) mass is 280 g/mol. The first kappa shape index (κ1) is 14.4. The molecule has 104 valence electrons. The van der Waals surface area contributed by atoms with Crippen molar-refractivity contribution in [2.45, 2.75) is 26.8 Å². The molecule has 4 heteroatoms. The molecule has 0 saturated heterocycles. The molecule has 0 aliphatic carbocycles. The molecule has 0 atom stereocenters. The first-order valence-corrected chi connectivity index (χ1v) is 6.97. The van der Waals surface area contributed by atoms with Crippen molar-refractivity contribution in [1.82, 2.24) is 10.3 Å². The Labute approximate surface area is 119 Å². The lowest BCUT2D eigenvalue weighted by molar-refractivity contribution is 0.207. The van der Waals surface area contributed by atoms with Crippen molar-refractivity contribution in [2.75, 3.05) is 13.2 Å². The van der Waals surface area contributed by atoms with Crippen LogP contribution >= 0.6 is 11.6 Å². The molecule has 1 heterocycles. The maximum absolute atomic E-state index is 9.01. The van der Waals surface area contributed by atoms with Crippen LogP contribution in [0.4, 0.5) is 0 Å². The zero-order valence-electron chi connectivity index (χ0n) is 11.5. The third-order valence-electron chi connectivity index (χ3n) is 3.44. The van der Waals surface area contributed by atoms with Crippen LogP contribution in [0, 0.1) is 5.41 Å². The molecule has 0 amide bonds. The third-order valence-corrected chi connectivity index (χ3v) is 3.67. The van der Waals surface area contributed by atoms with E-state index in [1.807, 2.05) is 24.4 Å².